The third kappa shape index (κ3) is 3.33. The van der Waals surface area contributed by atoms with Crippen LogP contribution in [-0.4, -0.2) is 37.0 Å². The van der Waals surface area contributed by atoms with Crippen molar-refractivity contribution >= 4 is 15.7 Å². The number of aliphatic hydroxyl groups excluding tert-OH is 1. The molecule has 0 aliphatic carbocycles. The van der Waals surface area contributed by atoms with Crippen molar-refractivity contribution in [1.82, 2.24) is 4.31 Å². The molecular weight excluding hydrogens is 415 g/mol. The second kappa shape index (κ2) is 7.75. The van der Waals surface area contributed by atoms with Crippen molar-refractivity contribution in [2.45, 2.75) is 23.4 Å². The third-order valence-electron chi connectivity index (χ3n) is 6.35. The van der Waals surface area contributed by atoms with Crippen LogP contribution in [0.15, 0.2) is 77.7 Å². The fourth-order valence-electron chi connectivity index (χ4n) is 4.88. The van der Waals surface area contributed by atoms with Gasteiger partial charge in [0.1, 0.15) is 10.7 Å². The Hall–Kier alpha value is -2.74. The Morgan fingerprint density at radius 3 is 2.48 bits per heavy atom. The lowest BCUT2D eigenvalue weighted by atomic mass is 9.82. The zero-order valence-electron chi connectivity index (χ0n) is 16.8. The number of aliphatic hydroxyl groups is 1. The molecule has 7 heteroatoms. The summed E-state index contributed by atoms with van der Waals surface area (Å²) >= 11 is 0. The molecular formula is C24H23FN2O3S. The number of sulfonamides is 1. The van der Waals surface area contributed by atoms with Crippen LogP contribution < -0.4 is 5.32 Å². The molecule has 0 bridgehead atoms. The monoisotopic (exact) mass is 438 g/mol. The van der Waals surface area contributed by atoms with Gasteiger partial charge < -0.3 is 10.4 Å². The second-order valence-corrected chi connectivity index (χ2v) is 9.90. The molecule has 0 amide bonds. The van der Waals surface area contributed by atoms with Crippen LogP contribution in [0.4, 0.5) is 10.1 Å². The fraction of sp³-hybridized carbons (Fsp3) is 0.250. The quantitative estimate of drug-likeness (QED) is 0.645. The normalized spacial score (nSPS) is 23.1. The minimum Gasteiger partial charge on any atom is -0.394 e. The molecule has 31 heavy (non-hydrogen) atoms. The topological polar surface area (TPSA) is 69.6 Å². The molecule has 2 aliphatic rings. The maximum atomic E-state index is 14.4. The molecule has 2 N–H and O–H groups in total. The second-order valence-electron chi connectivity index (χ2n) is 8.05. The average molecular weight is 439 g/mol. The highest BCUT2D eigenvalue weighted by Crippen LogP contribution is 2.49. The lowest BCUT2D eigenvalue weighted by molar-refractivity contribution is 0.210. The van der Waals surface area contributed by atoms with E-state index in [1.165, 1.54) is 28.6 Å². The number of nitrogens with one attached hydrogen (secondary N) is 1. The molecule has 5 nitrogen and oxygen atoms in total. The highest BCUT2D eigenvalue weighted by molar-refractivity contribution is 7.89. The number of nitrogens with zero attached hydrogens (tertiary/aromatic N) is 1. The summed E-state index contributed by atoms with van der Waals surface area (Å²) in [7, 11) is -4.04. The summed E-state index contributed by atoms with van der Waals surface area (Å²) in [6, 6.07) is 20.6. The van der Waals surface area contributed by atoms with Crippen LogP contribution in [0, 0.1) is 11.7 Å². The van der Waals surface area contributed by atoms with E-state index in [4.69, 9.17) is 0 Å². The van der Waals surface area contributed by atoms with Crippen molar-refractivity contribution in [3.8, 4) is 11.1 Å². The molecule has 0 aromatic heterocycles. The summed E-state index contributed by atoms with van der Waals surface area (Å²) in [4.78, 5) is -0.310. The molecule has 2 heterocycles. The van der Waals surface area contributed by atoms with Crippen LogP contribution in [0.3, 0.4) is 0 Å². The first kappa shape index (κ1) is 20.2. The van der Waals surface area contributed by atoms with Crippen LogP contribution >= 0.6 is 0 Å². The molecule has 2 aliphatic heterocycles. The number of hydrogen-bond acceptors (Lipinski definition) is 4. The van der Waals surface area contributed by atoms with Gasteiger partial charge in [0.25, 0.3) is 0 Å². The Balaban J connectivity index is 1.63. The Kier molecular flexibility index (Phi) is 5.04. The SMILES string of the molecule is O=S(=O)(c1ccccc1F)N1CC[C@@H]2[C@H]1c1cc(-c3ccccc3)ccc1N[C@@H]2CO. The molecule has 3 aromatic carbocycles. The fourth-order valence-corrected chi connectivity index (χ4v) is 6.61. The third-order valence-corrected chi connectivity index (χ3v) is 8.27. The summed E-state index contributed by atoms with van der Waals surface area (Å²) < 4.78 is 42.8. The van der Waals surface area contributed by atoms with Crippen molar-refractivity contribution in [3.63, 3.8) is 0 Å². The minimum absolute atomic E-state index is 0.103. The highest BCUT2D eigenvalue weighted by Gasteiger charge is 2.49. The molecule has 3 aromatic rings. The van der Waals surface area contributed by atoms with E-state index in [0.29, 0.717) is 6.42 Å². The summed E-state index contributed by atoms with van der Waals surface area (Å²) in [6.45, 7) is 0.174. The molecule has 160 valence electrons. The Morgan fingerprint density at radius 2 is 1.74 bits per heavy atom. The minimum atomic E-state index is -4.04. The van der Waals surface area contributed by atoms with Gasteiger partial charge in [-0.1, -0.05) is 48.5 Å². The number of fused-ring (bicyclic) bond motifs is 3. The van der Waals surface area contributed by atoms with Crippen LogP contribution in [0.5, 0.6) is 0 Å². The van der Waals surface area contributed by atoms with Gasteiger partial charge in [-0.15, -0.1) is 0 Å². The molecule has 0 unspecified atom stereocenters. The lowest BCUT2D eigenvalue weighted by Gasteiger charge is -2.39. The largest absolute Gasteiger partial charge is 0.394 e. The zero-order valence-corrected chi connectivity index (χ0v) is 17.6. The van der Waals surface area contributed by atoms with Crippen LogP contribution in [0.2, 0.25) is 0 Å². The smallest absolute Gasteiger partial charge is 0.246 e. The molecule has 0 spiro atoms. The van der Waals surface area contributed by atoms with Gasteiger partial charge in [-0.05, 0) is 47.4 Å². The Morgan fingerprint density at radius 1 is 1.00 bits per heavy atom. The van der Waals surface area contributed by atoms with E-state index in [9.17, 15) is 17.9 Å². The molecule has 5 rings (SSSR count). The molecule has 0 radical (unpaired) electrons. The number of halogens is 1. The standard InChI is InChI=1S/C24H23FN2O3S/c25-20-8-4-5-9-23(20)31(29,30)27-13-12-18-22(15-28)26-21-11-10-17(14-19(21)24(18)27)16-6-2-1-3-7-16/h1-11,14,18,22,24,26,28H,12-13,15H2/t18-,22+,24-/m0/s1. The van der Waals surface area contributed by atoms with Gasteiger partial charge in [0.05, 0.1) is 18.7 Å². The molecule has 1 saturated heterocycles. The van der Waals surface area contributed by atoms with Crippen molar-refractivity contribution in [2.24, 2.45) is 5.92 Å². The van der Waals surface area contributed by atoms with E-state index in [1.54, 1.807) is 0 Å². The first-order valence-electron chi connectivity index (χ1n) is 10.3. The highest BCUT2D eigenvalue weighted by atomic mass is 32.2. The van der Waals surface area contributed by atoms with Gasteiger partial charge in [0, 0.05) is 18.2 Å². The van der Waals surface area contributed by atoms with Gasteiger partial charge in [-0.2, -0.15) is 4.31 Å². The van der Waals surface area contributed by atoms with Crippen LogP contribution in [0.25, 0.3) is 11.1 Å². The number of anilines is 1. The molecule has 0 saturated carbocycles. The predicted molar refractivity (Wildman–Crippen MR) is 118 cm³/mol. The van der Waals surface area contributed by atoms with Crippen LogP contribution in [-0.2, 0) is 10.0 Å². The maximum absolute atomic E-state index is 14.4. The number of rotatable bonds is 4. The zero-order chi connectivity index (χ0) is 21.6. The Bertz CT molecular complexity index is 1220. The summed E-state index contributed by atoms with van der Waals surface area (Å²) in [5.74, 6) is -0.859. The number of hydrogen-bond donors (Lipinski definition) is 2. The van der Waals surface area contributed by atoms with Gasteiger partial charge in [0.15, 0.2) is 0 Å². The molecule has 3 atom stereocenters. The van der Waals surface area contributed by atoms with Gasteiger partial charge in [-0.3, -0.25) is 0 Å². The van der Waals surface area contributed by atoms with Gasteiger partial charge in [-0.25, -0.2) is 12.8 Å². The summed E-state index contributed by atoms with van der Waals surface area (Å²) in [6.07, 6.45) is 0.589. The lowest BCUT2D eigenvalue weighted by Crippen LogP contribution is -2.43. The van der Waals surface area contributed by atoms with Crippen molar-refractivity contribution in [2.75, 3.05) is 18.5 Å². The summed E-state index contributed by atoms with van der Waals surface area (Å²) in [5, 5.41) is 13.3. The maximum Gasteiger partial charge on any atom is 0.246 e. The Labute approximate surface area is 181 Å². The van der Waals surface area contributed by atoms with Crippen molar-refractivity contribution in [3.05, 3.63) is 84.2 Å². The van der Waals surface area contributed by atoms with Crippen molar-refractivity contribution < 1.29 is 17.9 Å². The van der Waals surface area contributed by atoms with Gasteiger partial charge in [0.2, 0.25) is 10.0 Å². The average Bonchev–Trinajstić information content (AvgIpc) is 3.25. The van der Waals surface area contributed by atoms with E-state index < -0.39 is 21.9 Å². The first-order valence-corrected chi connectivity index (χ1v) is 11.8. The van der Waals surface area contributed by atoms with Gasteiger partial charge >= 0.3 is 0 Å². The number of benzene rings is 3. The van der Waals surface area contributed by atoms with E-state index >= 15 is 0 Å². The summed E-state index contributed by atoms with van der Waals surface area (Å²) in [5.41, 5.74) is 3.68. The van der Waals surface area contributed by atoms with Crippen LogP contribution in [0.1, 0.15) is 18.0 Å². The first-order chi connectivity index (χ1) is 15.0. The van der Waals surface area contributed by atoms with E-state index in [2.05, 4.69) is 5.32 Å². The predicted octanol–water partition coefficient (Wildman–Crippen LogP) is 4.03. The van der Waals surface area contributed by atoms with E-state index in [0.717, 1.165) is 22.4 Å². The van der Waals surface area contributed by atoms with E-state index in [-0.39, 0.29) is 30.0 Å². The molecule has 1 fully saturated rings. The van der Waals surface area contributed by atoms with E-state index in [1.807, 2.05) is 48.5 Å². The van der Waals surface area contributed by atoms with Crippen molar-refractivity contribution in [1.29, 1.82) is 0 Å².